The third-order valence-electron chi connectivity index (χ3n) is 3.13. The first kappa shape index (κ1) is 15.5. The summed E-state index contributed by atoms with van der Waals surface area (Å²) in [6.45, 7) is 1.86. The van der Waals surface area contributed by atoms with E-state index in [2.05, 4.69) is 15.9 Å². The van der Waals surface area contributed by atoms with E-state index in [0.29, 0.717) is 4.47 Å². The van der Waals surface area contributed by atoms with Crippen LogP contribution in [0.1, 0.15) is 17.8 Å². The summed E-state index contributed by atoms with van der Waals surface area (Å²) in [5.41, 5.74) is 6.06. The van der Waals surface area contributed by atoms with Crippen molar-refractivity contribution in [1.29, 1.82) is 0 Å². The van der Waals surface area contributed by atoms with Crippen molar-refractivity contribution in [3.05, 3.63) is 45.1 Å². The molecule has 0 spiro atoms. The molecule has 1 heterocycles. The zero-order valence-corrected chi connectivity index (χ0v) is 14.3. The Morgan fingerprint density at radius 2 is 2.05 bits per heavy atom. The zero-order valence-electron chi connectivity index (χ0n) is 11.1. The highest BCUT2D eigenvalue weighted by atomic mass is 79.9. The number of hydrogen-bond acceptors (Lipinski definition) is 4. The lowest BCUT2D eigenvalue weighted by molar-refractivity contribution is 0.403. The molecule has 0 aliphatic carbocycles. The normalized spacial score (nSPS) is 13.6. The van der Waals surface area contributed by atoms with E-state index in [4.69, 9.17) is 5.73 Å². The molecule has 2 rings (SSSR count). The van der Waals surface area contributed by atoms with Crippen molar-refractivity contribution >= 4 is 43.0 Å². The molecule has 0 aliphatic heterocycles. The van der Waals surface area contributed by atoms with Gasteiger partial charge in [0.15, 0.2) is 0 Å². The van der Waals surface area contributed by atoms with Gasteiger partial charge >= 0.3 is 0 Å². The Labute approximate surface area is 131 Å². The van der Waals surface area contributed by atoms with E-state index in [1.165, 1.54) is 21.7 Å². The van der Waals surface area contributed by atoms with Gasteiger partial charge in [-0.15, -0.1) is 11.3 Å². The molecule has 2 aromatic rings. The molecule has 4 nitrogen and oxygen atoms in total. The van der Waals surface area contributed by atoms with Crippen LogP contribution in [0.2, 0.25) is 0 Å². The Kier molecular flexibility index (Phi) is 4.53. The minimum Gasteiger partial charge on any atom is -0.398 e. The maximum Gasteiger partial charge on any atom is 0.245 e. The molecule has 1 aromatic heterocycles. The second-order valence-corrected chi connectivity index (χ2v) is 8.26. The first-order valence-corrected chi connectivity index (χ1v) is 9.02. The molecule has 0 amide bonds. The predicted molar refractivity (Wildman–Crippen MR) is 86.2 cm³/mol. The van der Waals surface area contributed by atoms with Crippen LogP contribution in [0.5, 0.6) is 0 Å². The van der Waals surface area contributed by atoms with Crippen LogP contribution in [0, 0.1) is 0 Å². The summed E-state index contributed by atoms with van der Waals surface area (Å²) in [6, 6.07) is 8.43. The number of benzene rings is 1. The van der Waals surface area contributed by atoms with E-state index in [0.717, 1.165) is 4.88 Å². The van der Waals surface area contributed by atoms with E-state index in [1.54, 1.807) is 19.2 Å². The number of thiophene rings is 1. The minimum absolute atomic E-state index is 0.123. The molecule has 0 aliphatic rings. The molecule has 0 saturated carbocycles. The van der Waals surface area contributed by atoms with Gasteiger partial charge in [0.1, 0.15) is 4.90 Å². The summed E-state index contributed by atoms with van der Waals surface area (Å²) < 4.78 is 27.4. The minimum atomic E-state index is -3.63. The molecular formula is C13H15BrN2O2S2. The summed E-state index contributed by atoms with van der Waals surface area (Å²) in [6.07, 6.45) is 0. The number of nitrogen functional groups attached to an aromatic ring is 1. The SMILES string of the molecule is CC(c1cccs1)N(C)S(=O)(=O)c1cc(Br)ccc1N. The molecule has 0 fully saturated rings. The third-order valence-corrected chi connectivity index (χ3v) is 6.65. The molecule has 1 atom stereocenters. The Morgan fingerprint density at radius 1 is 1.35 bits per heavy atom. The van der Waals surface area contributed by atoms with Crippen LogP contribution in [0.3, 0.4) is 0 Å². The van der Waals surface area contributed by atoms with E-state index in [9.17, 15) is 8.42 Å². The standard InChI is InChI=1S/C13H15BrN2O2S2/c1-9(12-4-3-7-19-12)16(2)20(17,18)13-8-10(14)5-6-11(13)15/h3-9H,15H2,1-2H3. The number of nitrogens with zero attached hydrogens (tertiary/aromatic N) is 1. The van der Waals surface area contributed by atoms with E-state index in [1.807, 2.05) is 24.4 Å². The highest BCUT2D eigenvalue weighted by Gasteiger charge is 2.28. The van der Waals surface area contributed by atoms with Crippen molar-refractivity contribution < 1.29 is 8.42 Å². The van der Waals surface area contributed by atoms with Crippen LogP contribution in [0.15, 0.2) is 45.1 Å². The Morgan fingerprint density at radius 3 is 2.65 bits per heavy atom. The Bertz CT molecular complexity index is 699. The number of halogens is 1. The first-order chi connectivity index (χ1) is 9.34. The van der Waals surface area contributed by atoms with Crippen molar-refractivity contribution in [3.63, 3.8) is 0 Å². The fourth-order valence-corrected chi connectivity index (χ4v) is 4.69. The van der Waals surface area contributed by atoms with Crippen LogP contribution >= 0.6 is 27.3 Å². The Balaban J connectivity index is 2.42. The molecule has 0 saturated heterocycles. The zero-order chi connectivity index (χ0) is 14.9. The number of nitrogens with two attached hydrogens (primary N) is 1. The van der Waals surface area contributed by atoms with Crippen LogP contribution in [0.25, 0.3) is 0 Å². The maximum absolute atomic E-state index is 12.7. The number of hydrogen-bond donors (Lipinski definition) is 1. The van der Waals surface area contributed by atoms with Gasteiger partial charge in [-0.25, -0.2) is 8.42 Å². The monoisotopic (exact) mass is 374 g/mol. The van der Waals surface area contributed by atoms with Gasteiger partial charge in [-0.1, -0.05) is 22.0 Å². The maximum atomic E-state index is 12.7. The number of sulfonamides is 1. The largest absolute Gasteiger partial charge is 0.398 e. The molecule has 1 unspecified atom stereocenters. The molecule has 20 heavy (non-hydrogen) atoms. The van der Waals surface area contributed by atoms with Crippen molar-refractivity contribution in [2.75, 3.05) is 12.8 Å². The van der Waals surface area contributed by atoms with Gasteiger partial charge in [-0.2, -0.15) is 4.31 Å². The van der Waals surface area contributed by atoms with Crippen molar-refractivity contribution in [2.24, 2.45) is 0 Å². The second kappa shape index (κ2) is 5.85. The number of anilines is 1. The van der Waals surface area contributed by atoms with Crippen LogP contribution < -0.4 is 5.73 Å². The van der Waals surface area contributed by atoms with Gasteiger partial charge < -0.3 is 5.73 Å². The molecule has 108 valence electrons. The van der Waals surface area contributed by atoms with Gasteiger partial charge in [-0.05, 0) is 36.6 Å². The van der Waals surface area contributed by atoms with Crippen molar-refractivity contribution in [3.8, 4) is 0 Å². The third kappa shape index (κ3) is 2.90. The van der Waals surface area contributed by atoms with Crippen LogP contribution in [-0.4, -0.2) is 19.8 Å². The molecule has 0 radical (unpaired) electrons. The highest BCUT2D eigenvalue weighted by Crippen LogP contribution is 2.31. The van der Waals surface area contributed by atoms with Crippen molar-refractivity contribution in [1.82, 2.24) is 4.31 Å². The molecule has 2 N–H and O–H groups in total. The van der Waals surface area contributed by atoms with E-state index < -0.39 is 10.0 Å². The average Bonchev–Trinajstić information content (AvgIpc) is 2.93. The predicted octanol–water partition coefficient (Wildman–Crippen LogP) is 3.47. The summed E-state index contributed by atoms with van der Waals surface area (Å²) in [4.78, 5) is 1.11. The quantitative estimate of drug-likeness (QED) is 0.833. The lowest BCUT2D eigenvalue weighted by atomic mass is 10.3. The van der Waals surface area contributed by atoms with Crippen LogP contribution in [-0.2, 0) is 10.0 Å². The first-order valence-electron chi connectivity index (χ1n) is 5.90. The molecule has 0 bridgehead atoms. The summed E-state index contributed by atoms with van der Waals surface area (Å²) in [5, 5.41) is 1.93. The van der Waals surface area contributed by atoms with Gasteiger partial charge in [0.2, 0.25) is 10.0 Å². The summed E-state index contributed by atoms with van der Waals surface area (Å²) >= 11 is 4.81. The van der Waals surface area contributed by atoms with E-state index >= 15 is 0 Å². The summed E-state index contributed by atoms with van der Waals surface area (Å²) in [7, 11) is -2.06. The summed E-state index contributed by atoms with van der Waals surface area (Å²) in [5.74, 6) is 0. The van der Waals surface area contributed by atoms with Gasteiger partial charge in [-0.3, -0.25) is 0 Å². The van der Waals surface area contributed by atoms with Gasteiger partial charge in [0.25, 0.3) is 0 Å². The molecule has 1 aromatic carbocycles. The topological polar surface area (TPSA) is 63.4 Å². The lowest BCUT2D eigenvalue weighted by Crippen LogP contribution is -2.30. The fourth-order valence-electron chi connectivity index (χ4n) is 1.80. The fraction of sp³-hybridized carbons (Fsp3) is 0.231. The second-order valence-electron chi connectivity index (χ2n) is 4.39. The Hall–Kier alpha value is -0.890. The molecular weight excluding hydrogens is 360 g/mol. The van der Waals surface area contributed by atoms with Gasteiger partial charge in [0, 0.05) is 16.4 Å². The lowest BCUT2D eigenvalue weighted by Gasteiger charge is -2.24. The highest BCUT2D eigenvalue weighted by molar-refractivity contribution is 9.10. The van der Waals surface area contributed by atoms with Crippen molar-refractivity contribution in [2.45, 2.75) is 17.9 Å². The van der Waals surface area contributed by atoms with E-state index in [-0.39, 0.29) is 16.6 Å². The average molecular weight is 375 g/mol. The number of rotatable bonds is 4. The smallest absolute Gasteiger partial charge is 0.245 e. The van der Waals surface area contributed by atoms with Gasteiger partial charge in [0.05, 0.1) is 11.7 Å². The van der Waals surface area contributed by atoms with Crippen LogP contribution in [0.4, 0.5) is 5.69 Å². The molecule has 7 heteroatoms.